The van der Waals surface area contributed by atoms with Gasteiger partial charge in [-0.05, 0) is 99.3 Å². The third-order valence-corrected chi connectivity index (χ3v) is 11.4. The summed E-state index contributed by atoms with van der Waals surface area (Å²) in [4.78, 5) is 30.9. The van der Waals surface area contributed by atoms with Crippen LogP contribution in [-0.4, -0.2) is 70.0 Å². The second-order valence-electron chi connectivity index (χ2n) is 14.1. The van der Waals surface area contributed by atoms with Gasteiger partial charge < -0.3 is 25.5 Å². The molecule has 238 valence electrons. The van der Waals surface area contributed by atoms with E-state index >= 15 is 0 Å². The SMILES string of the molecule is C=C1C(C(N)=O)=C(O)[C@@H](N(C)C)C2CC3Cc4c(-c5occc5CN5CCC6CCCCC6C5)ccc(O)c4C(=O)C3=C(O)C12. The van der Waals surface area contributed by atoms with Gasteiger partial charge in [0.2, 0.25) is 0 Å². The highest BCUT2D eigenvalue weighted by molar-refractivity contribution is 6.14. The third kappa shape index (κ3) is 4.74. The molecule has 1 saturated carbocycles. The summed E-state index contributed by atoms with van der Waals surface area (Å²) in [7, 11) is 3.60. The fourth-order valence-electron chi connectivity index (χ4n) is 9.42. The number of rotatable bonds is 5. The Morgan fingerprint density at radius 3 is 2.58 bits per heavy atom. The maximum atomic E-state index is 14.2. The van der Waals surface area contributed by atoms with E-state index < -0.39 is 23.7 Å². The Bertz CT molecular complexity index is 1650. The fourth-order valence-corrected chi connectivity index (χ4v) is 9.42. The minimum absolute atomic E-state index is 0.104. The lowest BCUT2D eigenvalue weighted by Gasteiger charge is -2.47. The molecule has 0 bridgehead atoms. The standard InChI is InChI=1S/C36H43N3O6/c1-18-27-25(31(38(2)3)34(43)28(18)36(37)44)15-22-14-24-23(8-9-26(40)30(24)33(42)29(22)32(27)41)35-21(11-13-45-35)17-39-12-10-19-6-4-5-7-20(19)16-39/h8-9,11,13,19-20,22,25,27,31,40-41,43H,1,4-7,10,12,14-17H2,2-3H3,(H2,37,44)/t19?,20?,22?,25?,27?,31-/m0/s1. The molecule has 6 atom stereocenters. The summed E-state index contributed by atoms with van der Waals surface area (Å²) in [5, 5.41) is 33.9. The summed E-state index contributed by atoms with van der Waals surface area (Å²) < 4.78 is 6.11. The van der Waals surface area contributed by atoms with Crippen molar-refractivity contribution in [2.24, 2.45) is 35.3 Å². The molecule has 2 fully saturated rings. The van der Waals surface area contributed by atoms with Crippen LogP contribution in [0, 0.1) is 29.6 Å². The van der Waals surface area contributed by atoms with Crippen LogP contribution >= 0.6 is 0 Å². The average molecular weight is 614 g/mol. The number of amides is 1. The van der Waals surface area contributed by atoms with Crippen LogP contribution in [0.3, 0.4) is 0 Å². The Morgan fingerprint density at radius 2 is 1.84 bits per heavy atom. The number of ketones is 1. The molecule has 0 radical (unpaired) electrons. The second kappa shape index (κ2) is 11.2. The number of nitrogens with zero attached hydrogens (tertiary/aromatic N) is 2. The number of piperidine rings is 1. The van der Waals surface area contributed by atoms with E-state index in [1.54, 1.807) is 20.4 Å². The predicted octanol–water partition coefficient (Wildman–Crippen LogP) is 5.26. The summed E-state index contributed by atoms with van der Waals surface area (Å²) in [6.07, 6.45) is 9.12. The van der Waals surface area contributed by atoms with Crippen LogP contribution in [0.5, 0.6) is 5.75 Å². The molecule has 9 nitrogen and oxygen atoms in total. The van der Waals surface area contributed by atoms with Crippen LogP contribution in [-0.2, 0) is 17.8 Å². The van der Waals surface area contributed by atoms with Gasteiger partial charge in [-0.25, -0.2) is 0 Å². The molecule has 5 N–H and O–H groups in total. The van der Waals surface area contributed by atoms with Crippen LogP contribution in [0.4, 0.5) is 0 Å². The van der Waals surface area contributed by atoms with Crippen molar-refractivity contribution >= 4 is 11.7 Å². The number of carbonyl (C=O) groups is 2. The zero-order valence-electron chi connectivity index (χ0n) is 26.1. The van der Waals surface area contributed by atoms with Crippen molar-refractivity contribution in [3.8, 4) is 17.1 Å². The van der Waals surface area contributed by atoms with Crippen LogP contribution in [0.15, 0.2) is 63.7 Å². The van der Waals surface area contributed by atoms with Gasteiger partial charge in [0, 0.05) is 35.7 Å². The summed E-state index contributed by atoms with van der Waals surface area (Å²) in [6.45, 7) is 6.96. The van der Waals surface area contributed by atoms with Gasteiger partial charge in [0.1, 0.15) is 23.0 Å². The number of hydrogen-bond donors (Lipinski definition) is 4. The monoisotopic (exact) mass is 613 g/mol. The van der Waals surface area contributed by atoms with Crippen LogP contribution in [0.2, 0.25) is 0 Å². The average Bonchev–Trinajstić information content (AvgIpc) is 3.44. The van der Waals surface area contributed by atoms with Crippen LogP contribution in [0.1, 0.15) is 60.0 Å². The molecule has 7 rings (SSSR count). The molecule has 45 heavy (non-hydrogen) atoms. The van der Waals surface area contributed by atoms with E-state index in [-0.39, 0.29) is 51.4 Å². The Hall–Kier alpha value is -3.82. The molecule has 2 heterocycles. The van der Waals surface area contributed by atoms with Gasteiger partial charge >= 0.3 is 0 Å². The molecule has 2 aromatic rings. The largest absolute Gasteiger partial charge is 0.511 e. The van der Waals surface area contributed by atoms with E-state index in [9.17, 15) is 24.9 Å². The smallest absolute Gasteiger partial charge is 0.252 e. The lowest BCUT2D eigenvalue weighted by Crippen LogP contribution is -2.50. The number of fused-ring (bicyclic) bond motifs is 4. The zero-order valence-corrected chi connectivity index (χ0v) is 26.1. The van der Waals surface area contributed by atoms with Crippen molar-refractivity contribution in [2.45, 2.75) is 57.5 Å². The lowest BCUT2D eigenvalue weighted by atomic mass is 9.60. The fraction of sp³-hybridized carbons (Fsp3) is 0.500. The number of carbonyl (C=O) groups excluding carboxylic acids is 2. The number of furan rings is 1. The van der Waals surface area contributed by atoms with E-state index in [0.717, 1.165) is 42.6 Å². The van der Waals surface area contributed by atoms with Gasteiger partial charge in [-0.2, -0.15) is 0 Å². The van der Waals surface area contributed by atoms with Gasteiger partial charge in [0.25, 0.3) is 5.91 Å². The number of Topliss-reactive ketones (excluding diaryl/α,β-unsaturated/α-hetero) is 1. The van der Waals surface area contributed by atoms with E-state index in [4.69, 9.17) is 10.2 Å². The molecule has 1 amide bonds. The third-order valence-electron chi connectivity index (χ3n) is 11.4. The quantitative estimate of drug-likeness (QED) is 0.358. The molecule has 1 aliphatic heterocycles. The van der Waals surface area contributed by atoms with Crippen LogP contribution in [0.25, 0.3) is 11.3 Å². The van der Waals surface area contributed by atoms with Gasteiger partial charge in [-0.15, -0.1) is 0 Å². The number of allylic oxidation sites excluding steroid dienone is 2. The van der Waals surface area contributed by atoms with Crippen molar-refractivity contribution in [1.82, 2.24) is 9.80 Å². The molecule has 5 unspecified atom stereocenters. The highest BCUT2D eigenvalue weighted by Gasteiger charge is 2.52. The van der Waals surface area contributed by atoms with Crippen molar-refractivity contribution < 1.29 is 29.3 Å². The molecule has 0 spiro atoms. The van der Waals surface area contributed by atoms with Crippen LogP contribution < -0.4 is 5.73 Å². The number of hydrogen-bond acceptors (Lipinski definition) is 8. The number of phenols is 1. The highest BCUT2D eigenvalue weighted by atomic mass is 16.3. The first-order chi connectivity index (χ1) is 21.6. The van der Waals surface area contributed by atoms with E-state index in [1.807, 2.05) is 17.0 Å². The first-order valence-electron chi connectivity index (χ1n) is 16.3. The molecule has 9 heteroatoms. The normalized spacial score (nSPS) is 30.2. The van der Waals surface area contributed by atoms with Crippen molar-refractivity contribution in [1.29, 1.82) is 0 Å². The topological polar surface area (TPSA) is 140 Å². The molecule has 1 aromatic carbocycles. The molecule has 4 aliphatic carbocycles. The van der Waals surface area contributed by atoms with E-state index in [1.165, 1.54) is 38.2 Å². The van der Waals surface area contributed by atoms with Crippen molar-refractivity contribution in [2.75, 3.05) is 27.2 Å². The van der Waals surface area contributed by atoms with Gasteiger partial charge in [0.05, 0.1) is 23.4 Å². The van der Waals surface area contributed by atoms with Gasteiger partial charge in [-0.3, -0.25) is 19.4 Å². The Kier molecular flexibility index (Phi) is 7.44. The van der Waals surface area contributed by atoms with Gasteiger partial charge in [-0.1, -0.05) is 25.8 Å². The summed E-state index contributed by atoms with van der Waals surface area (Å²) in [5.74, 6) is -0.896. The van der Waals surface area contributed by atoms with Crippen molar-refractivity contribution in [3.63, 3.8) is 0 Å². The number of aliphatic hydroxyl groups excluding tert-OH is 2. The maximum Gasteiger partial charge on any atom is 0.252 e. The molecule has 1 saturated heterocycles. The summed E-state index contributed by atoms with van der Waals surface area (Å²) in [6, 6.07) is 4.77. The van der Waals surface area contributed by atoms with Crippen molar-refractivity contribution in [3.05, 3.63) is 76.0 Å². The minimum Gasteiger partial charge on any atom is -0.511 e. The number of likely N-dealkylation sites (tertiary alicyclic amines) is 1. The molecular formula is C36H43N3O6. The number of aromatic hydroxyl groups is 1. The number of likely N-dealkylation sites (N-methyl/N-ethyl adjacent to an activating group) is 1. The summed E-state index contributed by atoms with van der Waals surface area (Å²) >= 11 is 0. The lowest BCUT2D eigenvalue weighted by molar-refractivity contribution is -0.114. The Balaban J connectivity index is 1.25. The molecule has 1 aromatic heterocycles. The molecule has 5 aliphatic rings. The van der Waals surface area contributed by atoms with E-state index in [2.05, 4.69) is 11.5 Å². The van der Waals surface area contributed by atoms with Gasteiger partial charge in [0.15, 0.2) is 5.78 Å². The maximum absolute atomic E-state index is 14.2. The number of aliphatic hydroxyl groups is 2. The zero-order chi connectivity index (χ0) is 31.7. The predicted molar refractivity (Wildman–Crippen MR) is 169 cm³/mol. The molecular weight excluding hydrogens is 570 g/mol. The number of primary amides is 1. The number of benzene rings is 1. The number of phenolic OH excluding ortho intramolecular Hbond substituents is 1. The minimum atomic E-state index is -0.831. The first kappa shape index (κ1) is 29.9. The highest BCUT2D eigenvalue weighted by Crippen LogP contribution is 2.53. The first-order valence-corrected chi connectivity index (χ1v) is 16.3. The number of nitrogens with two attached hydrogens (primary N) is 1. The summed E-state index contributed by atoms with van der Waals surface area (Å²) in [5.41, 5.74) is 8.69. The Morgan fingerprint density at radius 1 is 1.09 bits per heavy atom. The Labute approximate surface area is 263 Å². The van der Waals surface area contributed by atoms with E-state index in [0.29, 0.717) is 24.2 Å². The second-order valence-corrected chi connectivity index (χ2v) is 14.1.